The van der Waals surface area contributed by atoms with Crippen LogP contribution in [-0.2, 0) is 4.79 Å². The van der Waals surface area contributed by atoms with E-state index in [-0.39, 0.29) is 35.8 Å². The van der Waals surface area contributed by atoms with Gasteiger partial charge in [0.25, 0.3) is 5.91 Å². The highest BCUT2D eigenvalue weighted by atomic mass is 19.4. The second-order valence-corrected chi connectivity index (χ2v) is 6.41. The van der Waals surface area contributed by atoms with Crippen LogP contribution in [-0.4, -0.2) is 37.6 Å². The molecule has 0 saturated carbocycles. The van der Waals surface area contributed by atoms with Crippen LogP contribution >= 0.6 is 0 Å². The van der Waals surface area contributed by atoms with Crippen LogP contribution in [0.25, 0.3) is 0 Å². The molecule has 5 nitrogen and oxygen atoms in total. The van der Waals surface area contributed by atoms with Crippen molar-refractivity contribution in [3.63, 3.8) is 0 Å². The molecule has 0 fully saturated rings. The first-order valence-electron chi connectivity index (χ1n) is 8.97. The summed E-state index contributed by atoms with van der Waals surface area (Å²) in [5.74, 6) is -2.19. The number of carbonyl (C=O) groups excluding carboxylic acids is 2. The molecule has 0 aliphatic carbocycles. The van der Waals surface area contributed by atoms with Crippen LogP contribution in [0.15, 0.2) is 55.1 Å². The normalized spacial score (nSPS) is 11.0. The lowest BCUT2D eigenvalue weighted by Gasteiger charge is -2.22. The van der Waals surface area contributed by atoms with Gasteiger partial charge in [-0.25, -0.2) is 4.39 Å². The Bertz CT molecular complexity index is 914. The molecule has 2 N–H and O–H groups in total. The molecule has 0 atom stereocenters. The second kappa shape index (κ2) is 9.91. The molecular formula is C21H21F4N3O2. The summed E-state index contributed by atoms with van der Waals surface area (Å²) in [5, 5.41) is 4.45. The van der Waals surface area contributed by atoms with Gasteiger partial charge in [-0.05, 0) is 31.2 Å². The van der Waals surface area contributed by atoms with Crippen LogP contribution < -0.4 is 15.5 Å². The van der Waals surface area contributed by atoms with Gasteiger partial charge in [0.1, 0.15) is 12.4 Å². The Kier molecular flexibility index (Phi) is 7.57. The summed E-state index contributed by atoms with van der Waals surface area (Å²) in [5.41, 5.74) is 0.618. The standard InChI is InChI=1S/C21H21F4N3O2/c1-3-9-28(16-7-5-4-6-8-16)19(29)12-26-18-11-15(10-17(22)14(18)2)20(30)27-13-21(23,24)25/h3-8,10-11,26H,1,9,12-13H2,2H3,(H,27,30). The highest BCUT2D eigenvalue weighted by Gasteiger charge is 2.28. The third kappa shape index (κ3) is 6.33. The van der Waals surface area contributed by atoms with Crippen molar-refractivity contribution in [1.82, 2.24) is 5.32 Å². The first-order valence-corrected chi connectivity index (χ1v) is 8.97. The molecule has 2 aromatic rings. The molecule has 0 spiro atoms. The Morgan fingerprint density at radius 3 is 2.43 bits per heavy atom. The zero-order valence-corrected chi connectivity index (χ0v) is 16.2. The van der Waals surface area contributed by atoms with Crippen molar-refractivity contribution in [2.45, 2.75) is 13.1 Å². The molecule has 0 aliphatic rings. The summed E-state index contributed by atoms with van der Waals surface area (Å²) in [7, 11) is 0. The van der Waals surface area contributed by atoms with Gasteiger partial charge in [-0.1, -0.05) is 24.3 Å². The summed E-state index contributed by atoms with van der Waals surface area (Å²) in [6.07, 6.45) is -3.03. The molecule has 0 aromatic heterocycles. The SMILES string of the molecule is C=CCN(C(=O)CNc1cc(C(=O)NCC(F)(F)F)cc(F)c1C)c1ccccc1. The van der Waals surface area contributed by atoms with Crippen LogP contribution in [0.1, 0.15) is 15.9 Å². The predicted octanol–water partition coefficient (Wildman–Crippen LogP) is 4.06. The second-order valence-electron chi connectivity index (χ2n) is 6.41. The first kappa shape index (κ1) is 22.9. The summed E-state index contributed by atoms with van der Waals surface area (Å²) in [6, 6.07) is 10.9. The highest BCUT2D eigenvalue weighted by Crippen LogP contribution is 2.22. The van der Waals surface area contributed by atoms with E-state index in [2.05, 4.69) is 11.9 Å². The predicted molar refractivity (Wildman–Crippen MR) is 107 cm³/mol. The Balaban J connectivity index is 2.15. The van der Waals surface area contributed by atoms with Crippen molar-refractivity contribution in [3.8, 4) is 0 Å². The third-order valence-electron chi connectivity index (χ3n) is 4.17. The van der Waals surface area contributed by atoms with E-state index in [4.69, 9.17) is 0 Å². The number of hydrogen-bond acceptors (Lipinski definition) is 3. The van der Waals surface area contributed by atoms with E-state index < -0.39 is 24.4 Å². The highest BCUT2D eigenvalue weighted by molar-refractivity contribution is 5.97. The van der Waals surface area contributed by atoms with Crippen LogP contribution in [0, 0.1) is 12.7 Å². The average molecular weight is 423 g/mol. The van der Waals surface area contributed by atoms with Crippen LogP contribution in [0.5, 0.6) is 0 Å². The van der Waals surface area contributed by atoms with Crippen molar-refractivity contribution < 1.29 is 27.2 Å². The maximum absolute atomic E-state index is 14.2. The van der Waals surface area contributed by atoms with Crippen molar-refractivity contribution in [2.24, 2.45) is 0 Å². The minimum absolute atomic E-state index is 0.130. The summed E-state index contributed by atoms with van der Waals surface area (Å²) in [4.78, 5) is 26.0. The Morgan fingerprint density at radius 2 is 1.83 bits per heavy atom. The topological polar surface area (TPSA) is 61.4 Å². The Hall–Kier alpha value is -3.36. The molecule has 9 heteroatoms. The van der Waals surface area contributed by atoms with E-state index in [1.807, 2.05) is 0 Å². The lowest BCUT2D eigenvalue weighted by Crippen LogP contribution is -2.36. The Labute approximate surface area is 171 Å². The van der Waals surface area contributed by atoms with E-state index in [0.717, 1.165) is 6.07 Å². The van der Waals surface area contributed by atoms with Gasteiger partial charge >= 0.3 is 6.18 Å². The molecule has 160 valence electrons. The quantitative estimate of drug-likeness (QED) is 0.497. The largest absolute Gasteiger partial charge is 0.405 e. The van der Waals surface area contributed by atoms with Gasteiger partial charge in [0.2, 0.25) is 5.91 Å². The maximum atomic E-state index is 14.2. The van der Waals surface area contributed by atoms with Gasteiger partial charge in [-0.2, -0.15) is 13.2 Å². The van der Waals surface area contributed by atoms with Crippen LogP contribution in [0.3, 0.4) is 0 Å². The van der Waals surface area contributed by atoms with Gasteiger partial charge < -0.3 is 15.5 Å². The number of benzene rings is 2. The van der Waals surface area contributed by atoms with E-state index in [0.29, 0.717) is 5.69 Å². The minimum Gasteiger partial charge on any atom is -0.376 e. The molecule has 0 aliphatic heterocycles. The number of rotatable bonds is 8. The number of anilines is 2. The molecule has 2 amide bonds. The fourth-order valence-electron chi connectivity index (χ4n) is 2.63. The van der Waals surface area contributed by atoms with Gasteiger partial charge in [0.15, 0.2) is 0 Å². The van der Waals surface area contributed by atoms with Gasteiger partial charge in [-0.15, -0.1) is 6.58 Å². The van der Waals surface area contributed by atoms with Gasteiger partial charge in [0, 0.05) is 29.0 Å². The molecule has 0 unspecified atom stereocenters. The number of hydrogen-bond donors (Lipinski definition) is 2. The van der Waals surface area contributed by atoms with Crippen LogP contribution in [0.4, 0.5) is 28.9 Å². The molecule has 2 rings (SSSR count). The third-order valence-corrected chi connectivity index (χ3v) is 4.17. The number of halogens is 4. The number of para-hydroxylation sites is 1. The van der Waals surface area contributed by atoms with Gasteiger partial charge in [-0.3, -0.25) is 9.59 Å². The fourth-order valence-corrected chi connectivity index (χ4v) is 2.63. The average Bonchev–Trinajstić information content (AvgIpc) is 2.71. The molecule has 0 heterocycles. The van der Waals surface area contributed by atoms with Crippen molar-refractivity contribution in [2.75, 3.05) is 29.9 Å². The lowest BCUT2D eigenvalue weighted by molar-refractivity contribution is -0.123. The minimum atomic E-state index is -4.58. The maximum Gasteiger partial charge on any atom is 0.405 e. The smallest absolute Gasteiger partial charge is 0.376 e. The number of nitrogens with one attached hydrogen (secondary N) is 2. The fraction of sp³-hybridized carbons (Fsp3) is 0.238. The molecular weight excluding hydrogens is 402 g/mol. The molecule has 30 heavy (non-hydrogen) atoms. The molecule has 0 saturated heterocycles. The number of carbonyl (C=O) groups is 2. The number of alkyl halides is 3. The van der Waals surface area contributed by atoms with E-state index in [1.54, 1.807) is 41.7 Å². The monoisotopic (exact) mass is 423 g/mol. The number of nitrogens with zero attached hydrogens (tertiary/aromatic N) is 1. The summed E-state index contributed by atoms with van der Waals surface area (Å²) < 4.78 is 51.1. The lowest BCUT2D eigenvalue weighted by atomic mass is 10.1. The van der Waals surface area contributed by atoms with E-state index in [9.17, 15) is 27.2 Å². The zero-order valence-electron chi connectivity index (χ0n) is 16.2. The first-order chi connectivity index (χ1) is 14.1. The van der Waals surface area contributed by atoms with E-state index in [1.165, 1.54) is 17.9 Å². The molecule has 0 radical (unpaired) electrons. The number of amides is 2. The van der Waals surface area contributed by atoms with Crippen molar-refractivity contribution >= 4 is 23.2 Å². The van der Waals surface area contributed by atoms with Gasteiger partial charge in [0.05, 0.1) is 6.54 Å². The van der Waals surface area contributed by atoms with Crippen molar-refractivity contribution in [3.05, 3.63) is 72.1 Å². The van der Waals surface area contributed by atoms with Crippen molar-refractivity contribution in [1.29, 1.82) is 0 Å². The summed E-state index contributed by atoms with van der Waals surface area (Å²) in [6.45, 7) is 3.55. The van der Waals surface area contributed by atoms with Crippen LogP contribution in [0.2, 0.25) is 0 Å². The molecule has 0 bridgehead atoms. The molecule has 2 aromatic carbocycles. The zero-order chi connectivity index (χ0) is 22.3. The summed E-state index contributed by atoms with van der Waals surface area (Å²) >= 11 is 0. The van der Waals surface area contributed by atoms with E-state index >= 15 is 0 Å². The Morgan fingerprint density at radius 1 is 1.17 bits per heavy atom.